The molecule has 0 spiro atoms. The fourth-order valence-corrected chi connectivity index (χ4v) is 1.63. The van der Waals surface area contributed by atoms with Crippen molar-refractivity contribution in [1.82, 2.24) is 9.55 Å². The number of nitrogens with one attached hydrogen (secondary N) is 1. The Kier molecular flexibility index (Phi) is 3.65. The van der Waals surface area contributed by atoms with Crippen molar-refractivity contribution in [2.24, 2.45) is 0 Å². The molecule has 4 nitrogen and oxygen atoms in total. The van der Waals surface area contributed by atoms with Crippen LogP contribution in [0.15, 0.2) is 36.8 Å². The van der Waals surface area contributed by atoms with E-state index in [1.54, 1.807) is 0 Å². The molecule has 4 heteroatoms. The van der Waals surface area contributed by atoms with E-state index in [9.17, 15) is 0 Å². The van der Waals surface area contributed by atoms with Gasteiger partial charge in [0.2, 0.25) is 0 Å². The molecule has 0 radical (unpaired) electrons. The van der Waals surface area contributed by atoms with Crippen LogP contribution in [0.25, 0.3) is 0 Å². The summed E-state index contributed by atoms with van der Waals surface area (Å²) in [5.74, 6) is 0.868. The standard InChI is InChI=1S/C13H17N3O/c1-3-16-10-15-8-12(16)9-17-13-6-4-11(14-2)5-7-13/h4-8,10,14H,3,9H2,1-2H3. The SMILES string of the molecule is CCn1cncc1COc1ccc(NC)cc1. The minimum Gasteiger partial charge on any atom is -0.487 e. The largest absolute Gasteiger partial charge is 0.487 e. The van der Waals surface area contributed by atoms with Gasteiger partial charge in [0.25, 0.3) is 0 Å². The summed E-state index contributed by atoms with van der Waals surface area (Å²) in [4.78, 5) is 4.11. The second-order valence-electron chi connectivity index (χ2n) is 3.73. The number of hydrogen-bond acceptors (Lipinski definition) is 3. The van der Waals surface area contributed by atoms with Crippen molar-refractivity contribution in [3.63, 3.8) is 0 Å². The predicted molar refractivity (Wildman–Crippen MR) is 68.2 cm³/mol. The van der Waals surface area contributed by atoms with E-state index in [-0.39, 0.29) is 0 Å². The summed E-state index contributed by atoms with van der Waals surface area (Å²) >= 11 is 0. The lowest BCUT2D eigenvalue weighted by molar-refractivity contribution is 0.295. The number of rotatable bonds is 5. The summed E-state index contributed by atoms with van der Waals surface area (Å²) in [6.45, 7) is 3.55. The Bertz CT molecular complexity index is 462. The van der Waals surface area contributed by atoms with Crippen LogP contribution in [0, 0.1) is 0 Å². The minimum absolute atomic E-state index is 0.548. The third-order valence-electron chi connectivity index (χ3n) is 2.67. The van der Waals surface area contributed by atoms with Crippen molar-refractivity contribution in [3.8, 4) is 5.75 Å². The summed E-state index contributed by atoms with van der Waals surface area (Å²) < 4.78 is 7.78. The van der Waals surface area contributed by atoms with Gasteiger partial charge in [0.15, 0.2) is 0 Å². The van der Waals surface area contributed by atoms with E-state index in [4.69, 9.17) is 4.74 Å². The molecule has 1 heterocycles. The van der Waals surface area contributed by atoms with Gasteiger partial charge in [0, 0.05) is 19.3 Å². The molecule has 0 bridgehead atoms. The highest BCUT2D eigenvalue weighted by atomic mass is 16.5. The van der Waals surface area contributed by atoms with Crippen molar-refractivity contribution in [2.75, 3.05) is 12.4 Å². The Morgan fingerprint density at radius 1 is 1.29 bits per heavy atom. The summed E-state index contributed by atoms with van der Waals surface area (Å²) in [5, 5.41) is 3.07. The lowest BCUT2D eigenvalue weighted by atomic mass is 10.3. The lowest BCUT2D eigenvalue weighted by Crippen LogP contribution is -2.03. The van der Waals surface area contributed by atoms with Crippen LogP contribution in [0.2, 0.25) is 0 Å². The molecule has 17 heavy (non-hydrogen) atoms. The number of nitrogens with zero attached hydrogens (tertiary/aromatic N) is 2. The first-order valence-corrected chi connectivity index (χ1v) is 5.73. The Morgan fingerprint density at radius 2 is 2.06 bits per heavy atom. The van der Waals surface area contributed by atoms with Crippen molar-refractivity contribution in [2.45, 2.75) is 20.1 Å². The Labute approximate surface area is 101 Å². The first-order valence-electron chi connectivity index (χ1n) is 5.73. The van der Waals surface area contributed by atoms with Gasteiger partial charge in [-0.05, 0) is 31.2 Å². The normalized spacial score (nSPS) is 10.2. The average molecular weight is 231 g/mol. The van der Waals surface area contributed by atoms with Crippen LogP contribution in [0.3, 0.4) is 0 Å². The fourth-order valence-electron chi connectivity index (χ4n) is 1.63. The first kappa shape index (κ1) is 11.5. The van der Waals surface area contributed by atoms with Crippen molar-refractivity contribution < 1.29 is 4.74 Å². The van der Waals surface area contributed by atoms with Gasteiger partial charge in [-0.15, -0.1) is 0 Å². The molecule has 0 aliphatic rings. The number of anilines is 1. The van der Waals surface area contributed by atoms with Crippen LogP contribution < -0.4 is 10.1 Å². The van der Waals surface area contributed by atoms with Gasteiger partial charge in [0.1, 0.15) is 12.4 Å². The van der Waals surface area contributed by atoms with Crippen LogP contribution >= 0.6 is 0 Å². The monoisotopic (exact) mass is 231 g/mol. The maximum Gasteiger partial charge on any atom is 0.130 e. The molecule has 0 atom stereocenters. The topological polar surface area (TPSA) is 39.1 Å². The third kappa shape index (κ3) is 2.78. The molecule has 1 N–H and O–H groups in total. The Morgan fingerprint density at radius 3 is 2.71 bits per heavy atom. The number of imidazole rings is 1. The zero-order valence-electron chi connectivity index (χ0n) is 10.2. The van der Waals surface area contributed by atoms with Gasteiger partial charge in [-0.2, -0.15) is 0 Å². The number of ether oxygens (including phenoxy) is 1. The number of benzene rings is 1. The highest BCUT2D eigenvalue weighted by Crippen LogP contribution is 2.16. The van der Waals surface area contributed by atoms with E-state index in [1.807, 2.05) is 43.8 Å². The van der Waals surface area contributed by atoms with Crippen molar-refractivity contribution >= 4 is 5.69 Å². The molecular weight excluding hydrogens is 214 g/mol. The smallest absolute Gasteiger partial charge is 0.130 e. The summed E-state index contributed by atoms with van der Waals surface area (Å²) in [6.07, 6.45) is 3.66. The second-order valence-corrected chi connectivity index (χ2v) is 3.73. The molecule has 2 aromatic rings. The molecule has 1 aromatic carbocycles. The van der Waals surface area contributed by atoms with Gasteiger partial charge in [-0.1, -0.05) is 0 Å². The highest BCUT2D eigenvalue weighted by Gasteiger charge is 2.01. The van der Waals surface area contributed by atoms with Crippen LogP contribution in [0.4, 0.5) is 5.69 Å². The molecule has 0 saturated heterocycles. The summed E-state index contributed by atoms with van der Waals surface area (Å²) in [5.41, 5.74) is 2.17. The van der Waals surface area contributed by atoms with Gasteiger partial charge in [0.05, 0.1) is 18.2 Å². The van der Waals surface area contributed by atoms with Crippen molar-refractivity contribution in [3.05, 3.63) is 42.5 Å². The zero-order chi connectivity index (χ0) is 12.1. The number of aryl methyl sites for hydroxylation is 1. The fraction of sp³-hybridized carbons (Fsp3) is 0.308. The summed E-state index contributed by atoms with van der Waals surface area (Å²) in [6, 6.07) is 7.90. The number of aromatic nitrogens is 2. The predicted octanol–water partition coefficient (Wildman–Crippen LogP) is 2.52. The van der Waals surface area contributed by atoms with E-state index in [0.717, 1.165) is 23.7 Å². The molecule has 2 rings (SSSR count). The Balaban J connectivity index is 1.97. The molecule has 0 amide bonds. The molecule has 1 aromatic heterocycles. The summed E-state index contributed by atoms with van der Waals surface area (Å²) in [7, 11) is 1.90. The first-order chi connectivity index (χ1) is 8.33. The van der Waals surface area contributed by atoms with Crippen LogP contribution in [-0.4, -0.2) is 16.6 Å². The van der Waals surface area contributed by atoms with Crippen LogP contribution in [0.5, 0.6) is 5.75 Å². The van der Waals surface area contributed by atoms with E-state index < -0.39 is 0 Å². The minimum atomic E-state index is 0.548. The van der Waals surface area contributed by atoms with Crippen LogP contribution in [0.1, 0.15) is 12.6 Å². The molecular formula is C13H17N3O. The van der Waals surface area contributed by atoms with Crippen molar-refractivity contribution in [1.29, 1.82) is 0 Å². The van der Waals surface area contributed by atoms with Gasteiger partial charge >= 0.3 is 0 Å². The highest BCUT2D eigenvalue weighted by molar-refractivity contribution is 5.45. The third-order valence-corrected chi connectivity index (χ3v) is 2.67. The quantitative estimate of drug-likeness (QED) is 0.859. The van der Waals surface area contributed by atoms with E-state index in [0.29, 0.717) is 6.61 Å². The van der Waals surface area contributed by atoms with Gasteiger partial charge in [-0.3, -0.25) is 0 Å². The van der Waals surface area contributed by atoms with E-state index in [2.05, 4.69) is 21.8 Å². The second kappa shape index (κ2) is 5.39. The maximum absolute atomic E-state index is 5.70. The lowest BCUT2D eigenvalue weighted by Gasteiger charge is -2.08. The molecule has 0 saturated carbocycles. The van der Waals surface area contributed by atoms with E-state index >= 15 is 0 Å². The van der Waals surface area contributed by atoms with E-state index in [1.165, 1.54) is 0 Å². The Hall–Kier alpha value is -1.97. The maximum atomic E-state index is 5.70. The number of hydrogen-bond donors (Lipinski definition) is 1. The molecule has 0 unspecified atom stereocenters. The zero-order valence-corrected chi connectivity index (χ0v) is 10.2. The molecule has 0 aliphatic heterocycles. The van der Waals surface area contributed by atoms with Gasteiger partial charge in [-0.25, -0.2) is 4.98 Å². The molecule has 0 fully saturated rings. The molecule has 0 aliphatic carbocycles. The average Bonchev–Trinajstić information content (AvgIpc) is 2.84. The van der Waals surface area contributed by atoms with Gasteiger partial charge < -0.3 is 14.6 Å². The van der Waals surface area contributed by atoms with Crippen LogP contribution in [-0.2, 0) is 13.2 Å². The molecule has 90 valence electrons.